The predicted molar refractivity (Wildman–Crippen MR) is 78.1 cm³/mol. The maximum absolute atomic E-state index is 12.2. The van der Waals surface area contributed by atoms with E-state index in [9.17, 15) is 4.79 Å². The zero-order chi connectivity index (χ0) is 15.2. The van der Waals surface area contributed by atoms with Gasteiger partial charge in [0.15, 0.2) is 0 Å². The third-order valence-electron chi connectivity index (χ3n) is 2.93. The van der Waals surface area contributed by atoms with Gasteiger partial charge in [-0.05, 0) is 31.2 Å². The molecule has 6 nitrogen and oxygen atoms in total. The van der Waals surface area contributed by atoms with E-state index in [0.29, 0.717) is 30.1 Å². The van der Waals surface area contributed by atoms with E-state index in [0.717, 1.165) is 5.69 Å². The highest BCUT2D eigenvalue weighted by Crippen LogP contribution is 2.15. The first-order valence-electron chi connectivity index (χ1n) is 6.51. The average Bonchev–Trinajstić information content (AvgIpc) is 2.84. The van der Waals surface area contributed by atoms with Gasteiger partial charge in [-0.3, -0.25) is 4.79 Å². The molecule has 0 aliphatic heterocycles. The zero-order valence-corrected chi connectivity index (χ0v) is 12.0. The molecule has 0 aliphatic carbocycles. The summed E-state index contributed by atoms with van der Waals surface area (Å²) in [5.41, 5.74) is 1.32. The minimum Gasteiger partial charge on any atom is -0.497 e. The molecule has 0 spiro atoms. The molecule has 6 heteroatoms. The monoisotopic (exact) mass is 284 g/mol. The number of hydrogen-bond donors (Lipinski definition) is 1. The minimum absolute atomic E-state index is 0.226. The van der Waals surface area contributed by atoms with Crippen LogP contribution in [0, 0.1) is 18.3 Å². The molecule has 0 bridgehead atoms. The van der Waals surface area contributed by atoms with Gasteiger partial charge in [-0.15, -0.1) is 0 Å². The van der Waals surface area contributed by atoms with Gasteiger partial charge < -0.3 is 10.1 Å². The topological polar surface area (TPSA) is 79.9 Å². The molecule has 1 aromatic heterocycles. The molecule has 0 saturated heterocycles. The van der Waals surface area contributed by atoms with Crippen molar-refractivity contribution >= 4 is 11.7 Å². The van der Waals surface area contributed by atoms with E-state index in [1.54, 1.807) is 42.1 Å². The highest BCUT2D eigenvalue weighted by molar-refractivity contribution is 6.03. The van der Waals surface area contributed by atoms with Crippen molar-refractivity contribution in [2.24, 2.45) is 0 Å². The number of methoxy groups -OCH3 is 1. The Morgan fingerprint density at radius 2 is 2.14 bits per heavy atom. The number of anilines is 1. The third kappa shape index (κ3) is 3.60. The van der Waals surface area contributed by atoms with Crippen molar-refractivity contribution < 1.29 is 9.53 Å². The number of carbonyl (C=O) groups excluding carboxylic acids is 1. The van der Waals surface area contributed by atoms with Crippen LogP contribution in [0.4, 0.5) is 5.82 Å². The lowest BCUT2D eigenvalue weighted by Crippen LogP contribution is -2.15. The minimum atomic E-state index is -0.226. The van der Waals surface area contributed by atoms with Crippen molar-refractivity contribution in [1.82, 2.24) is 9.78 Å². The molecule has 0 fully saturated rings. The van der Waals surface area contributed by atoms with E-state index >= 15 is 0 Å². The van der Waals surface area contributed by atoms with E-state index in [1.165, 1.54) is 0 Å². The molecule has 21 heavy (non-hydrogen) atoms. The van der Waals surface area contributed by atoms with Crippen LogP contribution in [0.5, 0.6) is 5.75 Å². The third-order valence-corrected chi connectivity index (χ3v) is 2.93. The number of nitrogens with one attached hydrogen (secondary N) is 1. The van der Waals surface area contributed by atoms with Gasteiger partial charge in [0.05, 0.1) is 31.8 Å². The summed E-state index contributed by atoms with van der Waals surface area (Å²) >= 11 is 0. The molecule has 1 N–H and O–H groups in total. The summed E-state index contributed by atoms with van der Waals surface area (Å²) in [7, 11) is 1.58. The second kappa shape index (κ2) is 6.57. The van der Waals surface area contributed by atoms with Crippen LogP contribution in [0.25, 0.3) is 0 Å². The fraction of sp³-hybridized carbons (Fsp3) is 0.267. The second-order valence-corrected chi connectivity index (χ2v) is 4.48. The quantitative estimate of drug-likeness (QED) is 0.914. The first-order chi connectivity index (χ1) is 10.1. The van der Waals surface area contributed by atoms with Crippen molar-refractivity contribution in [2.75, 3.05) is 12.4 Å². The number of hydrogen-bond acceptors (Lipinski definition) is 4. The number of amides is 1. The number of aryl methyl sites for hydroxylation is 2. The Kier molecular flexibility index (Phi) is 4.57. The highest BCUT2D eigenvalue weighted by Gasteiger charge is 2.11. The Bertz CT molecular complexity index is 668. The molecule has 0 atom stereocenters. The van der Waals surface area contributed by atoms with Gasteiger partial charge in [-0.2, -0.15) is 10.4 Å². The van der Waals surface area contributed by atoms with E-state index in [1.807, 2.05) is 6.92 Å². The SMILES string of the molecule is COc1ccc(C(=O)Nc2cc(C)nn2CCC#N)cc1. The number of rotatable bonds is 5. The summed E-state index contributed by atoms with van der Waals surface area (Å²) < 4.78 is 6.68. The van der Waals surface area contributed by atoms with Crippen LogP contribution in [0.2, 0.25) is 0 Å². The second-order valence-electron chi connectivity index (χ2n) is 4.48. The van der Waals surface area contributed by atoms with E-state index in [-0.39, 0.29) is 5.91 Å². The number of nitriles is 1. The van der Waals surface area contributed by atoms with Gasteiger partial charge in [0.2, 0.25) is 0 Å². The van der Waals surface area contributed by atoms with Crippen molar-refractivity contribution in [3.63, 3.8) is 0 Å². The van der Waals surface area contributed by atoms with Crippen molar-refractivity contribution in [2.45, 2.75) is 19.9 Å². The number of carbonyl (C=O) groups is 1. The summed E-state index contributed by atoms with van der Waals surface area (Å²) in [5.74, 6) is 1.06. The Hall–Kier alpha value is -2.81. The number of nitrogens with zero attached hydrogens (tertiary/aromatic N) is 3. The fourth-order valence-corrected chi connectivity index (χ4v) is 1.90. The van der Waals surface area contributed by atoms with Crippen molar-refractivity contribution in [3.05, 3.63) is 41.6 Å². The molecule has 1 aromatic carbocycles. The average molecular weight is 284 g/mol. The normalized spacial score (nSPS) is 9.95. The fourth-order valence-electron chi connectivity index (χ4n) is 1.90. The van der Waals surface area contributed by atoms with Crippen molar-refractivity contribution in [1.29, 1.82) is 5.26 Å². The van der Waals surface area contributed by atoms with Gasteiger partial charge in [-0.25, -0.2) is 4.68 Å². The highest BCUT2D eigenvalue weighted by atomic mass is 16.5. The van der Waals surface area contributed by atoms with E-state index < -0.39 is 0 Å². The van der Waals surface area contributed by atoms with Gasteiger partial charge in [0.1, 0.15) is 11.6 Å². The van der Waals surface area contributed by atoms with Crippen LogP contribution in [0.15, 0.2) is 30.3 Å². The number of aromatic nitrogens is 2. The molecular formula is C15H16N4O2. The van der Waals surface area contributed by atoms with Crippen LogP contribution in [0.3, 0.4) is 0 Å². The molecule has 2 rings (SSSR count). The maximum atomic E-state index is 12.2. The molecule has 0 unspecified atom stereocenters. The largest absolute Gasteiger partial charge is 0.497 e. The number of benzene rings is 1. The molecular weight excluding hydrogens is 268 g/mol. The van der Waals surface area contributed by atoms with Crippen molar-refractivity contribution in [3.8, 4) is 11.8 Å². The lowest BCUT2D eigenvalue weighted by molar-refractivity contribution is 0.102. The zero-order valence-electron chi connectivity index (χ0n) is 12.0. The first-order valence-corrected chi connectivity index (χ1v) is 6.51. The lowest BCUT2D eigenvalue weighted by Gasteiger charge is -2.08. The molecule has 1 amide bonds. The summed E-state index contributed by atoms with van der Waals surface area (Å²) in [5, 5.41) is 15.7. The Morgan fingerprint density at radius 3 is 2.76 bits per heavy atom. The van der Waals surface area contributed by atoms with Gasteiger partial charge in [-0.1, -0.05) is 0 Å². The summed E-state index contributed by atoms with van der Waals surface area (Å²) in [6.45, 7) is 2.29. The van der Waals surface area contributed by atoms with Crippen LogP contribution >= 0.6 is 0 Å². The maximum Gasteiger partial charge on any atom is 0.256 e. The van der Waals surface area contributed by atoms with Crippen LogP contribution in [0.1, 0.15) is 22.5 Å². The standard InChI is InChI=1S/C15H16N4O2/c1-11-10-14(19(18-11)9-3-8-16)17-15(20)12-4-6-13(21-2)7-5-12/h4-7,10H,3,9H2,1-2H3,(H,17,20). The van der Waals surface area contributed by atoms with Crippen LogP contribution < -0.4 is 10.1 Å². The molecule has 0 aliphatic rings. The number of ether oxygens (including phenoxy) is 1. The lowest BCUT2D eigenvalue weighted by atomic mass is 10.2. The molecule has 0 radical (unpaired) electrons. The Balaban J connectivity index is 2.13. The van der Waals surface area contributed by atoms with Gasteiger partial charge in [0, 0.05) is 11.6 Å². The molecule has 108 valence electrons. The first kappa shape index (κ1) is 14.6. The Labute approximate surface area is 123 Å². The van der Waals surface area contributed by atoms with Crippen LogP contribution in [-0.4, -0.2) is 22.8 Å². The molecule has 0 saturated carbocycles. The van der Waals surface area contributed by atoms with Gasteiger partial charge >= 0.3 is 0 Å². The van der Waals surface area contributed by atoms with Crippen LogP contribution in [-0.2, 0) is 6.54 Å². The Morgan fingerprint density at radius 1 is 1.43 bits per heavy atom. The smallest absolute Gasteiger partial charge is 0.256 e. The predicted octanol–water partition coefficient (Wildman–Crippen LogP) is 2.37. The van der Waals surface area contributed by atoms with E-state index in [2.05, 4.69) is 16.5 Å². The van der Waals surface area contributed by atoms with Gasteiger partial charge in [0.25, 0.3) is 5.91 Å². The summed E-state index contributed by atoms with van der Waals surface area (Å²) in [6.07, 6.45) is 0.340. The summed E-state index contributed by atoms with van der Waals surface area (Å²) in [6, 6.07) is 10.7. The molecule has 1 heterocycles. The molecule has 2 aromatic rings. The summed E-state index contributed by atoms with van der Waals surface area (Å²) in [4.78, 5) is 12.2. The van der Waals surface area contributed by atoms with E-state index in [4.69, 9.17) is 10.00 Å².